The Balaban J connectivity index is 1.59. The van der Waals surface area contributed by atoms with E-state index in [2.05, 4.69) is 29.6 Å². The first kappa shape index (κ1) is 13.1. The minimum absolute atomic E-state index is 0.155. The topological polar surface area (TPSA) is 46.2 Å². The van der Waals surface area contributed by atoms with Crippen molar-refractivity contribution in [1.29, 1.82) is 0 Å². The minimum Gasteiger partial charge on any atom is -0.312 e. The van der Waals surface area contributed by atoms with Crippen molar-refractivity contribution in [3.63, 3.8) is 0 Å². The molecule has 3 unspecified atom stereocenters. The van der Waals surface area contributed by atoms with Crippen molar-refractivity contribution in [2.45, 2.75) is 42.9 Å². The van der Waals surface area contributed by atoms with Gasteiger partial charge in [-0.05, 0) is 30.4 Å². The van der Waals surface area contributed by atoms with Gasteiger partial charge in [-0.2, -0.15) is 0 Å². The highest BCUT2D eigenvalue weighted by molar-refractivity contribution is 7.91. The molecule has 3 nitrogen and oxygen atoms in total. The Morgan fingerprint density at radius 3 is 2.79 bits per heavy atom. The van der Waals surface area contributed by atoms with Crippen LogP contribution in [0.4, 0.5) is 0 Å². The third-order valence-corrected chi connectivity index (χ3v) is 6.25. The smallest absolute Gasteiger partial charge is 0.151 e. The van der Waals surface area contributed by atoms with Crippen molar-refractivity contribution in [3.05, 3.63) is 35.4 Å². The zero-order valence-corrected chi connectivity index (χ0v) is 12.1. The summed E-state index contributed by atoms with van der Waals surface area (Å²) in [7, 11) is -2.91. The third-order valence-electron chi connectivity index (χ3n) is 4.59. The van der Waals surface area contributed by atoms with Crippen molar-refractivity contribution in [2.24, 2.45) is 0 Å². The Labute approximate surface area is 115 Å². The molecule has 0 heterocycles. The summed E-state index contributed by atoms with van der Waals surface area (Å²) in [5, 5.41) is 3.32. The first-order valence-electron chi connectivity index (χ1n) is 7.06. The highest BCUT2D eigenvalue weighted by atomic mass is 32.2. The molecule has 3 atom stereocenters. The largest absolute Gasteiger partial charge is 0.312 e. The summed E-state index contributed by atoms with van der Waals surface area (Å²) in [6.07, 6.45) is 5.33. The molecule has 0 spiro atoms. The van der Waals surface area contributed by atoms with Gasteiger partial charge in [0.2, 0.25) is 0 Å². The average molecular weight is 279 g/mol. The molecule has 1 fully saturated rings. The molecule has 0 amide bonds. The number of hydrogen-bond acceptors (Lipinski definition) is 3. The minimum atomic E-state index is -2.91. The highest BCUT2D eigenvalue weighted by Gasteiger charge is 2.35. The van der Waals surface area contributed by atoms with Crippen LogP contribution < -0.4 is 5.32 Å². The SMILES string of the molecule is CS(=O)(=O)C1CCCC1NCC1Cc2ccccc21. The summed E-state index contributed by atoms with van der Waals surface area (Å²) < 4.78 is 23.5. The molecule has 0 bridgehead atoms. The molecular formula is C15H21NO2S. The molecule has 19 heavy (non-hydrogen) atoms. The van der Waals surface area contributed by atoms with Gasteiger partial charge in [-0.15, -0.1) is 0 Å². The quantitative estimate of drug-likeness (QED) is 0.915. The molecular weight excluding hydrogens is 258 g/mol. The van der Waals surface area contributed by atoms with E-state index in [-0.39, 0.29) is 11.3 Å². The van der Waals surface area contributed by atoms with Crippen LogP contribution in [0.5, 0.6) is 0 Å². The fraction of sp³-hybridized carbons (Fsp3) is 0.600. The van der Waals surface area contributed by atoms with Gasteiger partial charge in [-0.1, -0.05) is 30.7 Å². The maximum Gasteiger partial charge on any atom is 0.151 e. The van der Waals surface area contributed by atoms with Gasteiger partial charge in [0.1, 0.15) is 0 Å². The lowest BCUT2D eigenvalue weighted by Gasteiger charge is -2.32. The van der Waals surface area contributed by atoms with E-state index in [1.807, 2.05) is 0 Å². The first-order valence-corrected chi connectivity index (χ1v) is 9.01. The van der Waals surface area contributed by atoms with Crippen molar-refractivity contribution in [2.75, 3.05) is 12.8 Å². The fourth-order valence-corrected chi connectivity index (χ4v) is 4.93. The molecule has 104 valence electrons. The van der Waals surface area contributed by atoms with Gasteiger partial charge in [-0.3, -0.25) is 0 Å². The Morgan fingerprint density at radius 1 is 1.26 bits per heavy atom. The van der Waals surface area contributed by atoms with Gasteiger partial charge in [0.25, 0.3) is 0 Å². The molecule has 2 aliphatic rings. The van der Waals surface area contributed by atoms with E-state index in [0.717, 1.165) is 32.2 Å². The number of benzene rings is 1. The molecule has 0 radical (unpaired) electrons. The monoisotopic (exact) mass is 279 g/mol. The van der Waals surface area contributed by atoms with Gasteiger partial charge >= 0.3 is 0 Å². The van der Waals surface area contributed by atoms with Crippen LogP contribution >= 0.6 is 0 Å². The normalized spacial score (nSPS) is 29.8. The molecule has 0 saturated heterocycles. The second-order valence-corrected chi connectivity index (χ2v) is 8.18. The standard InChI is InChI=1S/C15H21NO2S/c1-19(17,18)15-8-4-7-14(15)16-10-12-9-11-5-2-3-6-13(11)12/h2-3,5-6,12,14-16H,4,7-10H2,1H3. The van der Waals surface area contributed by atoms with E-state index in [9.17, 15) is 8.42 Å². The van der Waals surface area contributed by atoms with Crippen LogP contribution in [-0.2, 0) is 16.3 Å². The van der Waals surface area contributed by atoms with E-state index in [1.54, 1.807) is 0 Å². The van der Waals surface area contributed by atoms with E-state index in [0.29, 0.717) is 5.92 Å². The fourth-order valence-electron chi connectivity index (χ4n) is 3.51. The maximum atomic E-state index is 11.7. The zero-order valence-electron chi connectivity index (χ0n) is 11.3. The molecule has 0 aromatic heterocycles. The third kappa shape index (κ3) is 2.56. The summed E-state index contributed by atoms with van der Waals surface area (Å²) in [5.41, 5.74) is 2.88. The molecule has 2 aliphatic carbocycles. The Morgan fingerprint density at radius 2 is 2.05 bits per heavy atom. The Hall–Kier alpha value is -0.870. The summed E-state index contributed by atoms with van der Waals surface area (Å²) in [4.78, 5) is 0. The molecule has 1 saturated carbocycles. The van der Waals surface area contributed by atoms with E-state index in [1.165, 1.54) is 17.4 Å². The molecule has 1 aromatic carbocycles. The second kappa shape index (κ2) is 4.91. The highest BCUT2D eigenvalue weighted by Crippen LogP contribution is 2.34. The summed E-state index contributed by atoms with van der Waals surface area (Å²) in [6.45, 7) is 0.910. The number of rotatable bonds is 4. The predicted molar refractivity (Wildman–Crippen MR) is 77.2 cm³/mol. The lowest BCUT2D eigenvalue weighted by molar-refractivity contribution is 0.460. The van der Waals surface area contributed by atoms with Gasteiger partial charge < -0.3 is 5.32 Å². The van der Waals surface area contributed by atoms with Gasteiger partial charge in [0.15, 0.2) is 9.84 Å². The van der Waals surface area contributed by atoms with Crippen molar-refractivity contribution in [1.82, 2.24) is 5.32 Å². The van der Waals surface area contributed by atoms with Crippen LogP contribution in [0.25, 0.3) is 0 Å². The first-order chi connectivity index (χ1) is 9.05. The van der Waals surface area contributed by atoms with Crippen molar-refractivity contribution < 1.29 is 8.42 Å². The average Bonchev–Trinajstić information content (AvgIpc) is 2.78. The lowest BCUT2D eigenvalue weighted by atomic mass is 9.77. The van der Waals surface area contributed by atoms with Crippen LogP contribution in [0.15, 0.2) is 24.3 Å². The lowest BCUT2D eigenvalue weighted by Crippen LogP contribution is -2.43. The van der Waals surface area contributed by atoms with Crippen LogP contribution in [0.2, 0.25) is 0 Å². The van der Waals surface area contributed by atoms with E-state index >= 15 is 0 Å². The van der Waals surface area contributed by atoms with Crippen LogP contribution in [0.1, 0.15) is 36.3 Å². The van der Waals surface area contributed by atoms with Crippen LogP contribution in [0, 0.1) is 0 Å². The van der Waals surface area contributed by atoms with Gasteiger partial charge in [0, 0.05) is 24.8 Å². The van der Waals surface area contributed by atoms with Gasteiger partial charge in [-0.25, -0.2) is 8.42 Å². The number of nitrogens with one attached hydrogen (secondary N) is 1. The number of hydrogen-bond donors (Lipinski definition) is 1. The Kier molecular flexibility index (Phi) is 3.39. The second-order valence-electron chi connectivity index (χ2n) is 5.91. The number of sulfone groups is 1. The predicted octanol–water partition coefficient (Wildman–Crippen LogP) is 1.88. The van der Waals surface area contributed by atoms with Crippen LogP contribution in [-0.4, -0.2) is 32.5 Å². The van der Waals surface area contributed by atoms with E-state index in [4.69, 9.17) is 0 Å². The molecule has 4 heteroatoms. The van der Waals surface area contributed by atoms with E-state index < -0.39 is 9.84 Å². The molecule has 3 rings (SSSR count). The zero-order chi connectivity index (χ0) is 13.5. The van der Waals surface area contributed by atoms with Crippen molar-refractivity contribution >= 4 is 9.84 Å². The summed E-state index contributed by atoms with van der Waals surface area (Å²) in [6, 6.07) is 8.69. The molecule has 1 N–H and O–H groups in total. The van der Waals surface area contributed by atoms with Gasteiger partial charge in [0.05, 0.1) is 5.25 Å². The molecule has 1 aromatic rings. The number of fused-ring (bicyclic) bond motifs is 1. The molecule has 0 aliphatic heterocycles. The van der Waals surface area contributed by atoms with Crippen LogP contribution in [0.3, 0.4) is 0 Å². The maximum absolute atomic E-state index is 11.7. The summed E-state index contributed by atoms with van der Waals surface area (Å²) in [5.74, 6) is 0.567. The Bertz CT molecular complexity index is 567. The van der Waals surface area contributed by atoms with Crippen molar-refractivity contribution in [3.8, 4) is 0 Å². The summed E-state index contributed by atoms with van der Waals surface area (Å²) >= 11 is 0.